The highest BCUT2D eigenvalue weighted by atomic mass is 28.2. The Kier molecular flexibility index (Phi) is 6.90. The van der Waals surface area contributed by atoms with E-state index < -0.39 is 9.76 Å². The van der Waals surface area contributed by atoms with Gasteiger partial charge in [0.15, 0.2) is 0 Å². The molecule has 0 aliphatic heterocycles. The van der Waals surface area contributed by atoms with Crippen LogP contribution in [0.2, 0.25) is 6.04 Å². The zero-order chi connectivity index (χ0) is 7.82. The van der Waals surface area contributed by atoms with Crippen molar-refractivity contribution in [3.05, 3.63) is 12.2 Å². The average Bonchev–Trinajstić information content (AvgIpc) is 1.87. The molecule has 59 valence electrons. The van der Waals surface area contributed by atoms with Gasteiger partial charge in [-0.25, -0.2) is 0 Å². The predicted molar refractivity (Wildman–Crippen MR) is 44.3 cm³/mol. The average molecular weight is 159 g/mol. The molecule has 2 nitrogen and oxygen atoms in total. The molecule has 0 aromatic heterocycles. The fraction of sp³-hybridized carbons (Fsp3) is 0.714. The fourth-order valence-electron chi connectivity index (χ4n) is 0.553. The molecule has 0 spiro atoms. The van der Waals surface area contributed by atoms with Gasteiger partial charge in [0, 0.05) is 6.61 Å². The second-order valence-electron chi connectivity index (χ2n) is 2.42. The van der Waals surface area contributed by atoms with E-state index in [2.05, 4.69) is 6.58 Å². The molecule has 10 heavy (non-hydrogen) atoms. The molecular weight excluding hydrogens is 144 g/mol. The Morgan fingerprint density at radius 2 is 2.40 bits per heavy atom. The Hall–Kier alpha value is -0.123. The monoisotopic (exact) mass is 159 g/mol. The number of rotatable bonds is 6. The highest BCUT2D eigenvalue weighted by Crippen LogP contribution is 1.92. The van der Waals surface area contributed by atoms with E-state index in [0.29, 0.717) is 6.61 Å². The van der Waals surface area contributed by atoms with E-state index in [1.54, 1.807) is 0 Å². The first-order valence-corrected chi connectivity index (χ1v) is 5.15. The third-order valence-electron chi connectivity index (χ3n) is 1.03. The summed E-state index contributed by atoms with van der Waals surface area (Å²) in [6, 6.07) is 0.857. The van der Waals surface area contributed by atoms with Crippen molar-refractivity contribution < 1.29 is 9.53 Å². The molecule has 0 saturated heterocycles. The molecule has 0 rings (SSSR count). The van der Waals surface area contributed by atoms with E-state index in [-0.39, 0.29) is 0 Å². The van der Waals surface area contributed by atoms with Crippen LogP contribution in [-0.4, -0.2) is 23.0 Å². The Morgan fingerprint density at radius 1 is 1.70 bits per heavy atom. The summed E-state index contributed by atoms with van der Waals surface area (Å²) in [6.45, 7) is 6.99. The number of hydrogen-bond donors (Lipinski definition) is 0. The minimum absolute atomic E-state index is 0.639. The molecule has 0 aliphatic carbocycles. The van der Waals surface area contributed by atoms with E-state index in [4.69, 9.17) is 4.74 Å². The summed E-state index contributed by atoms with van der Waals surface area (Å²) in [5.74, 6) is 0. The molecule has 1 radical (unpaired) electrons. The first-order chi connectivity index (χ1) is 4.77. The van der Waals surface area contributed by atoms with Crippen LogP contribution in [0.25, 0.3) is 0 Å². The van der Waals surface area contributed by atoms with Crippen molar-refractivity contribution in [3.8, 4) is 0 Å². The molecule has 0 aromatic rings. The van der Waals surface area contributed by atoms with Crippen LogP contribution >= 0.6 is 0 Å². The highest BCUT2D eigenvalue weighted by Gasteiger charge is 1.89. The largest absolute Gasteiger partial charge is 0.377 e. The van der Waals surface area contributed by atoms with Gasteiger partial charge >= 0.3 is 0 Å². The van der Waals surface area contributed by atoms with E-state index in [0.717, 1.165) is 24.6 Å². The van der Waals surface area contributed by atoms with Crippen molar-refractivity contribution in [2.75, 3.05) is 13.2 Å². The van der Waals surface area contributed by atoms with Crippen molar-refractivity contribution in [2.24, 2.45) is 0 Å². The lowest BCUT2D eigenvalue weighted by molar-refractivity contribution is 0.156. The molecular formula is C7H15O2Si. The molecule has 0 bridgehead atoms. The summed E-state index contributed by atoms with van der Waals surface area (Å²) in [5, 5.41) is 0. The Morgan fingerprint density at radius 3 is 2.90 bits per heavy atom. The molecule has 0 heterocycles. The molecule has 0 amide bonds. The summed E-state index contributed by atoms with van der Waals surface area (Å²) in [7, 11) is -0.986. The van der Waals surface area contributed by atoms with Crippen LogP contribution in [0.4, 0.5) is 0 Å². The zero-order valence-electron chi connectivity index (χ0n) is 6.56. The normalized spacial score (nSPS) is 11.0. The topological polar surface area (TPSA) is 29.1 Å². The van der Waals surface area contributed by atoms with Crippen molar-refractivity contribution in [1.29, 1.82) is 0 Å². The predicted octanol–water partition coefficient (Wildman–Crippen LogP) is 0.902. The first-order valence-electron chi connectivity index (χ1n) is 3.57. The Balaban J connectivity index is 2.84. The number of hydrogen-bond acceptors (Lipinski definition) is 1. The van der Waals surface area contributed by atoms with Crippen molar-refractivity contribution in [2.45, 2.75) is 19.4 Å². The smallest absolute Gasteiger partial charge is 0.207 e. The second-order valence-corrected chi connectivity index (χ2v) is 3.54. The molecule has 0 fully saturated rings. The first kappa shape index (κ1) is 9.88. The Labute approximate surface area is 64.8 Å². The van der Waals surface area contributed by atoms with Gasteiger partial charge in [0.25, 0.3) is 0 Å². The summed E-state index contributed by atoms with van der Waals surface area (Å²) in [5.41, 5.74) is 1.04. The minimum atomic E-state index is -0.986. The van der Waals surface area contributed by atoms with Crippen LogP contribution < -0.4 is 0 Å². The Bertz CT molecular complexity index is 93.6. The molecule has 0 aromatic carbocycles. The second kappa shape index (κ2) is 6.99. The summed E-state index contributed by atoms with van der Waals surface area (Å²) < 4.78 is 5.18. The van der Waals surface area contributed by atoms with Crippen LogP contribution in [0.15, 0.2) is 12.2 Å². The van der Waals surface area contributed by atoms with Crippen LogP contribution in [0.1, 0.15) is 13.3 Å². The minimum Gasteiger partial charge on any atom is -0.377 e. The van der Waals surface area contributed by atoms with Gasteiger partial charge in [-0.05, 0) is 19.4 Å². The van der Waals surface area contributed by atoms with Gasteiger partial charge in [-0.3, -0.25) is 0 Å². The van der Waals surface area contributed by atoms with Gasteiger partial charge < -0.3 is 9.53 Å². The summed E-state index contributed by atoms with van der Waals surface area (Å²) in [4.78, 5) is 10.1. The van der Waals surface area contributed by atoms with Crippen LogP contribution in [-0.2, 0) is 9.53 Å². The summed E-state index contributed by atoms with van der Waals surface area (Å²) >= 11 is 0. The summed E-state index contributed by atoms with van der Waals surface area (Å²) in [6.07, 6.45) is 0.934. The van der Waals surface area contributed by atoms with Crippen molar-refractivity contribution >= 4 is 9.76 Å². The van der Waals surface area contributed by atoms with Gasteiger partial charge in [0.1, 0.15) is 0 Å². The highest BCUT2D eigenvalue weighted by molar-refractivity contribution is 6.24. The molecule has 3 heteroatoms. The maximum atomic E-state index is 10.1. The van der Waals surface area contributed by atoms with E-state index in [9.17, 15) is 4.80 Å². The third kappa shape index (κ3) is 7.88. The lowest BCUT2D eigenvalue weighted by Crippen LogP contribution is -1.98. The van der Waals surface area contributed by atoms with Crippen LogP contribution in [0, 0.1) is 0 Å². The van der Waals surface area contributed by atoms with Crippen LogP contribution in [0.5, 0.6) is 0 Å². The van der Waals surface area contributed by atoms with E-state index in [1.807, 2.05) is 6.92 Å². The van der Waals surface area contributed by atoms with Gasteiger partial charge in [-0.2, -0.15) is 0 Å². The standard InChI is InChI=1S/C7H15O2Si/c1-7(2)6-9-4-3-5-10-8/h1,3-6,10H2,2H3. The maximum absolute atomic E-state index is 10.1. The lowest BCUT2D eigenvalue weighted by atomic mass is 10.4. The maximum Gasteiger partial charge on any atom is 0.207 e. The van der Waals surface area contributed by atoms with Crippen LogP contribution in [0.3, 0.4) is 0 Å². The van der Waals surface area contributed by atoms with Crippen molar-refractivity contribution in [1.82, 2.24) is 0 Å². The van der Waals surface area contributed by atoms with Crippen molar-refractivity contribution in [3.63, 3.8) is 0 Å². The van der Waals surface area contributed by atoms with Gasteiger partial charge in [0.05, 0.1) is 6.61 Å². The van der Waals surface area contributed by atoms with Gasteiger partial charge in [-0.1, -0.05) is 12.2 Å². The van der Waals surface area contributed by atoms with Gasteiger partial charge in [0.2, 0.25) is 9.76 Å². The zero-order valence-corrected chi connectivity index (χ0v) is 7.97. The quantitative estimate of drug-likeness (QED) is 0.322. The third-order valence-corrected chi connectivity index (χ3v) is 1.82. The fourth-order valence-corrected chi connectivity index (χ4v) is 0.961. The molecule has 0 saturated carbocycles. The molecule has 0 atom stereocenters. The van der Waals surface area contributed by atoms with E-state index >= 15 is 0 Å². The van der Waals surface area contributed by atoms with Gasteiger partial charge in [-0.15, -0.1) is 0 Å². The molecule has 0 unspecified atom stereocenters. The SMILES string of the molecule is C=C(C)COCCC[SiH2][O]. The lowest BCUT2D eigenvalue weighted by Gasteiger charge is -2.00. The molecule has 0 aliphatic rings. The number of ether oxygens (including phenoxy) is 1. The molecule has 0 N–H and O–H groups in total. The van der Waals surface area contributed by atoms with E-state index in [1.165, 1.54) is 0 Å².